The molecule has 0 bridgehead atoms. The molecule has 0 aliphatic carbocycles. The SMILES string of the molecule is CC(C)COc1ccccc1NC(=O)C(C)Oc1ccccc1Cl. The van der Waals surface area contributed by atoms with Crippen LogP contribution in [0.4, 0.5) is 5.69 Å². The Hall–Kier alpha value is -2.20. The van der Waals surface area contributed by atoms with E-state index in [1.54, 1.807) is 31.2 Å². The summed E-state index contributed by atoms with van der Waals surface area (Å²) >= 11 is 6.05. The number of hydrogen-bond acceptors (Lipinski definition) is 3. The fourth-order valence-corrected chi connectivity index (χ4v) is 2.15. The number of carbonyl (C=O) groups is 1. The van der Waals surface area contributed by atoms with E-state index in [1.165, 1.54) is 0 Å². The Morgan fingerprint density at radius 3 is 2.33 bits per heavy atom. The molecule has 0 radical (unpaired) electrons. The molecule has 24 heavy (non-hydrogen) atoms. The highest BCUT2D eigenvalue weighted by Gasteiger charge is 2.17. The lowest BCUT2D eigenvalue weighted by Gasteiger charge is -2.17. The lowest BCUT2D eigenvalue weighted by Crippen LogP contribution is -2.30. The first kappa shape index (κ1) is 18.1. The summed E-state index contributed by atoms with van der Waals surface area (Å²) in [5.74, 6) is 1.25. The lowest BCUT2D eigenvalue weighted by atomic mass is 10.2. The second-order valence-electron chi connectivity index (χ2n) is 5.88. The average Bonchev–Trinajstić information content (AvgIpc) is 2.56. The number of para-hydroxylation sites is 3. The lowest BCUT2D eigenvalue weighted by molar-refractivity contribution is -0.122. The van der Waals surface area contributed by atoms with E-state index in [9.17, 15) is 4.79 Å². The maximum absolute atomic E-state index is 12.4. The number of anilines is 1. The Balaban J connectivity index is 2.02. The molecule has 2 aromatic carbocycles. The summed E-state index contributed by atoms with van der Waals surface area (Å²) in [6, 6.07) is 14.4. The Labute approximate surface area is 147 Å². The quantitative estimate of drug-likeness (QED) is 0.784. The third-order valence-corrected chi connectivity index (χ3v) is 3.54. The molecule has 0 saturated heterocycles. The fourth-order valence-electron chi connectivity index (χ4n) is 1.97. The van der Waals surface area contributed by atoms with Crippen molar-refractivity contribution in [3.8, 4) is 11.5 Å². The van der Waals surface area contributed by atoms with Crippen molar-refractivity contribution >= 4 is 23.2 Å². The largest absolute Gasteiger partial charge is 0.491 e. The maximum Gasteiger partial charge on any atom is 0.265 e. The van der Waals surface area contributed by atoms with Crippen LogP contribution < -0.4 is 14.8 Å². The van der Waals surface area contributed by atoms with Crippen LogP contribution in [0.5, 0.6) is 11.5 Å². The molecule has 1 amide bonds. The standard InChI is InChI=1S/C19H22ClNO3/c1-13(2)12-23-18-11-7-5-9-16(18)21-19(22)14(3)24-17-10-6-4-8-15(17)20/h4-11,13-14H,12H2,1-3H3,(H,21,22). The monoisotopic (exact) mass is 347 g/mol. The third-order valence-electron chi connectivity index (χ3n) is 3.23. The molecule has 2 aromatic rings. The van der Waals surface area contributed by atoms with Gasteiger partial charge in [0.15, 0.2) is 6.10 Å². The summed E-state index contributed by atoms with van der Waals surface area (Å²) < 4.78 is 11.4. The fraction of sp³-hybridized carbons (Fsp3) is 0.316. The molecule has 2 rings (SSSR count). The minimum Gasteiger partial charge on any atom is -0.491 e. The summed E-state index contributed by atoms with van der Waals surface area (Å²) in [6.07, 6.45) is -0.692. The van der Waals surface area contributed by atoms with Gasteiger partial charge in [-0.3, -0.25) is 4.79 Å². The Morgan fingerprint density at radius 1 is 1.04 bits per heavy atom. The van der Waals surface area contributed by atoms with Crippen LogP contribution in [0, 0.1) is 5.92 Å². The first-order chi connectivity index (χ1) is 11.5. The normalized spacial score (nSPS) is 11.9. The molecular formula is C19H22ClNO3. The van der Waals surface area contributed by atoms with E-state index >= 15 is 0 Å². The summed E-state index contributed by atoms with van der Waals surface area (Å²) in [5, 5.41) is 3.31. The van der Waals surface area contributed by atoms with Crippen LogP contribution in [0.3, 0.4) is 0 Å². The van der Waals surface area contributed by atoms with E-state index in [2.05, 4.69) is 19.2 Å². The second-order valence-corrected chi connectivity index (χ2v) is 6.29. The van der Waals surface area contributed by atoms with E-state index in [1.807, 2.05) is 24.3 Å². The molecule has 0 heterocycles. The number of ether oxygens (including phenoxy) is 2. The van der Waals surface area contributed by atoms with Gasteiger partial charge in [0.05, 0.1) is 17.3 Å². The summed E-state index contributed by atoms with van der Waals surface area (Å²) in [6.45, 7) is 6.40. The molecule has 4 nitrogen and oxygen atoms in total. The van der Waals surface area contributed by atoms with Crippen molar-refractivity contribution in [2.75, 3.05) is 11.9 Å². The number of nitrogens with one attached hydrogen (secondary N) is 1. The van der Waals surface area contributed by atoms with Gasteiger partial charge in [0.1, 0.15) is 11.5 Å². The van der Waals surface area contributed by atoms with Gasteiger partial charge < -0.3 is 14.8 Å². The van der Waals surface area contributed by atoms with Gasteiger partial charge >= 0.3 is 0 Å². The average molecular weight is 348 g/mol. The Kier molecular flexibility index (Phi) is 6.50. The van der Waals surface area contributed by atoms with Crippen molar-refractivity contribution in [1.82, 2.24) is 0 Å². The first-order valence-electron chi connectivity index (χ1n) is 7.91. The van der Waals surface area contributed by atoms with Crippen molar-refractivity contribution in [3.05, 3.63) is 53.6 Å². The summed E-state index contributed by atoms with van der Waals surface area (Å²) in [5.41, 5.74) is 0.623. The minimum atomic E-state index is -0.692. The smallest absolute Gasteiger partial charge is 0.265 e. The highest BCUT2D eigenvalue weighted by molar-refractivity contribution is 6.32. The minimum absolute atomic E-state index is 0.268. The first-order valence-corrected chi connectivity index (χ1v) is 8.29. The summed E-state index contributed by atoms with van der Waals surface area (Å²) in [7, 11) is 0. The van der Waals surface area contributed by atoms with Crippen LogP contribution in [0.1, 0.15) is 20.8 Å². The zero-order valence-corrected chi connectivity index (χ0v) is 14.8. The van der Waals surface area contributed by atoms with Crippen molar-refractivity contribution in [2.24, 2.45) is 5.92 Å². The van der Waals surface area contributed by atoms with Gasteiger partial charge in [0, 0.05) is 0 Å². The highest BCUT2D eigenvalue weighted by Crippen LogP contribution is 2.26. The van der Waals surface area contributed by atoms with Crippen LogP contribution in [0.25, 0.3) is 0 Å². The van der Waals surface area contributed by atoms with E-state index in [0.717, 1.165) is 0 Å². The van der Waals surface area contributed by atoms with Crippen LogP contribution >= 0.6 is 11.6 Å². The molecule has 0 aromatic heterocycles. The molecule has 1 unspecified atom stereocenters. The Bertz CT molecular complexity index is 688. The van der Waals surface area contributed by atoms with Gasteiger partial charge in [-0.25, -0.2) is 0 Å². The zero-order valence-electron chi connectivity index (χ0n) is 14.1. The number of halogens is 1. The van der Waals surface area contributed by atoms with Gasteiger partial charge in [-0.05, 0) is 37.1 Å². The van der Waals surface area contributed by atoms with Crippen LogP contribution in [0.2, 0.25) is 5.02 Å². The van der Waals surface area contributed by atoms with Gasteiger partial charge in [0.25, 0.3) is 5.91 Å². The van der Waals surface area contributed by atoms with Gasteiger partial charge in [-0.1, -0.05) is 49.7 Å². The van der Waals surface area contributed by atoms with Crippen LogP contribution in [-0.2, 0) is 4.79 Å². The zero-order chi connectivity index (χ0) is 17.5. The van der Waals surface area contributed by atoms with Crippen molar-refractivity contribution in [3.63, 3.8) is 0 Å². The molecule has 0 aliphatic rings. The number of carbonyl (C=O) groups excluding carboxylic acids is 1. The number of hydrogen-bond donors (Lipinski definition) is 1. The molecule has 1 N–H and O–H groups in total. The molecular weight excluding hydrogens is 326 g/mol. The maximum atomic E-state index is 12.4. The van der Waals surface area contributed by atoms with E-state index < -0.39 is 6.10 Å². The predicted molar refractivity (Wildman–Crippen MR) is 96.9 cm³/mol. The predicted octanol–water partition coefficient (Wildman–Crippen LogP) is 4.78. The summed E-state index contributed by atoms with van der Waals surface area (Å²) in [4.78, 5) is 12.4. The highest BCUT2D eigenvalue weighted by atomic mass is 35.5. The molecule has 5 heteroatoms. The van der Waals surface area contributed by atoms with Gasteiger partial charge in [0.2, 0.25) is 0 Å². The van der Waals surface area contributed by atoms with Crippen LogP contribution in [0.15, 0.2) is 48.5 Å². The van der Waals surface area contributed by atoms with Gasteiger partial charge in [-0.2, -0.15) is 0 Å². The number of amides is 1. The third kappa shape index (κ3) is 5.17. The van der Waals surface area contributed by atoms with Gasteiger partial charge in [-0.15, -0.1) is 0 Å². The second kappa shape index (κ2) is 8.60. The van der Waals surface area contributed by atoms with Crippen molar-refractivity contribution in [1.29, 1.82) is 0 Å². The number of rotatable bonds is 7. The number of benzene rings is 2. The van der Waals surface area contributed by atoms with E-state index in [-0.39, 0.29) is 5.91 Å². The molecule has 0 spiro atoms. The van der Waals surface area contributed by atoms with E-state index in [4.69, 9.17) is 21.1 Å². The molecule has 1 atom stereocenters. The molecule has 0 aliphatic heterocycles. The van der Waals surface area contributed by atoms with E-state index in [0.29, 0.717) is 34.7 Å². The van der Waals surface area contributed by atoms with Crippen molar-refractivity contribution < 1.29 is 14.3 Å². The molecule has 0 fully saturated rings. The topological polar surface area (TPSA) is 47.6 Å². The Morgan fingerprint density at radius 2 is 1.67 bits per heavy atom. The molecule has 0 saturated carbocycles. The van der Waals surface area contributed by atoms with Crippen molar-refractivity contribution in [2.45, 2.75) is 26.9 Å². The molecule has 128 valence electrons. The van der Waals surface area contributed by atoms with Crippen LogP contribution in [-0.4, -0.2) is 18.6 Å².